The fourth-order valence-electron chi connectivity index (χ4n) is 5.55. The highest BCUT2D eigenvalue weighted by atomic mass is 35.5. The molecule has 27 heavy (non-hydrogen) atoms. The summed E-state index contributed by atoms with van der Waals surface area (Å²) in [6.45, 7) is 2.11. The van der Waals surface area contributed by atoms with Crippen LogP contribution < -0.4 is 11.1 Å². The molecule has 1 aromatic rings. The van der Waals surface area contributed by atoms with Gasteiger partial charge >= 0.3 is 0 Å². The van der Waals surface area contributed by atoms with Gasteiger partial charge in [0.25, 0.3) is 0 Å². The highest BCUT2D eigenvalue weighted by Gasteiger charge is 2.41. The van der Waals surface area contributed by atoms with Crippen molar-refractivity contribution in [1.82, 2.24) is 5.32 Å². The molecular formula is C22H31ClN2O2. The maximum atomic E-state index is 13.0. The molecular weight excluding hydrogens is 360 g/mol. The molecule has 2 bridgehead atoms. The number of hydrogen-bond donors (Lipinski definition) is 2. The highest BCUT2D eigenvalue weighted by Crippen LogP contribution is 2.42. The van der Waals surface area contributed by atoms with E-state index in [1.807, 2.05) is 18.2 Å². The van der Waals surface area contributed by atoms with Gasteiger partial charge in [-0.05, 0) is 68.1 Å². The number of ether oxygens (including phenoxy) is 1. The molecule has 0 aromatic heterocycles. The summed E-state index contributed by atoms with van der Waals surface area (Å²) in [5.74, 6) is 1.39. The third kappa shape index (κ3) is 4.03. The van der Waals surface area contributed by atoms with Crippen molar-refractivity contribution in [3.8, 4) is 0 Å². The smallest absolute Gasteiger partial charge is 0.223 e. The molecule has 2 saturated carbocycles. The normalized spacial score (nSPS) is 32.7. The lowest BCUT2D eigenvalue weighted by Crippen LogP contribution is -2.51. The molecule has 2 aliphatic carbocycles. The van der Waals surface area contributed by atoms with Crippen molar-refractivity contribution in [1.29, 1.82) is 0 Å². The molecule has 0 spiro atoms. The van der Waals surface area contributed by atoms with Crippen molar-refractivity contribution in [2.24, 2.45) is 23.5 Å². The van der Waals surface area contributed by atoms with Gasteiger partial charge in [-0.25, -0.2) is 0 Å². The van der Waals surface area contributed by atoms with Gasteiger partial charge in [0, 0.05) is 42.2 Å². The summed E-state index contributed by atoms with van der Waals surface area (Å²) in [5.41, 5.74) is 7.52. The Labute approximate surface area is 167 Å². The fourth-order valence-corrected chi connectivity index (χ4v) is 5.74. The zero-order valence-electron chi connectivity index (χ0n) is 16.0. The Morgan fingerprint density at radius 2 is 1.93 bits per heavy atom. The van der Waals surface area contributed by atoms with Gasteiger partial charge in [-0.3, -0.25) is 4.79 Å². The average Bonchev–Trinajstić information content (AvgIpc) is 2.67. The van der Waals surface area contributed by atoms with Crippen LogP contribution in [0.15, 0.2) is 24.3 Å². The number of carbonyl (C=O) groups excluding carboxylic acids is 1. The molecule has 1 heterocycles. The second kappa shape index (κ2) is 8.10. The van der Waals surface area contributed by atoms with Crippen LogP contribution in [0.2, 0.25) is 5.02 Å². The van der Waals surface area contributed by atoms with Crippen LogP contribution in [0.3, 0.4) is 0 Å². The SMILES string of the molecule is NC1C2CCCC1CC(C(=O)NCC1(c3cccc(Cl)c3)CCOCC1)C2. The van der Waals surface area contributed by atoms with Crippen LogP contribution in [0.1, 0.15) is 50.5 Å². The Balaban J connectivity index is 1.44. The highest BCUT2D eigenvalue weighted by molar-refractivity contribution is 6.30. The lowest BCUT2D eigenvalue weighted by Gasteiger charge is -2.44. The maximum absolute atomic E-state index is 13.0. The van der Waals surface area contributed by atoms with Crippen LogP contribution in [-0.4, -0.2) is 31.7 Å². The van der Waals surface area contributed by atoms with Gasteiger partial charge in [0.2, 0.25) is 5.91 Å². The number of halogens is 1. The molecule has 0 radical (unpaired) electrons. The van der Waals surface area contributed by atoms with E-state index in [9.17, 15) is 4.79 Å². The standard InChI is InChI=1S/C22H31ClN2O2/c23-19-6-2-5-18(13-19)22(7-9-27-10-8-22)14-25-21(26)17-11-15-3-1-4-16(12-17)20(15)24/h2,5-6,13,15-17,20H,1,3-4,7-12,14,24H2,(H,25,26). The molecule has 2 atom stereocenters. The van der Waals surface area contributed by atoms with Gasteiger partial charge in [0.1, 0.15) is 0 Å². The van der Waals surface area contributed by atoms with Crippen LogP contribution in [0.25, 0.3) is 0 Å². The molecule has 3 fully saturated rings. The lowest BCUT2D eigenvalue weighted by molar-refractivity contribution is -0.128. The Morgan fingerprint density at radius 3 is 2.59 bits per heavy atom. The van der Waals surface area contributed by atoms with Crippen molar-refractivity contribution >= 4 is 17.5 Å². The lowest BCUT2D eigenvalue weighted by atomic mass is 9.65. The van der Waals surface area contributed by atoms with Gasteiger partial charge in [-0.1, -0.05) is 30.2 Å². The van der Waals surface area contributed by atoms with E-state index in [0.717, 1.165) is 43.9 Å². The fraction of sp³-hybridized carbons (Fsp3) is 0.682. The number of nitrogens with two attached hydrogens (primary N) is 1. The van der Waals surface area contributed by atoms with Crippen LogP contribution in [0.4, 0.5) is 0 Å². The molecule has 3 N–H and O–H groups in total. The quantitative estimate of drug-likeness (QED) is 0.824. The van der Waals surface area contributed by atoms with Crippen LogP contribution >= 0.6 is 11.6 Å². The summed E-state index contributed by atoms with van der Waals surface area (Å²) < 4.78 is 5.60. The molecule has 4 nitrogen and oxygen atoms in total. The summed E-state index contributed by atoms with van der Waals surface area (Å²) in [5, 5.41) is 4.06. The van der Waals surface area contributed by atoms with Crippen LogP contribution in [0.5, 0.6) is 0 Å². The molecule has 5 heteroatoms. The third-order valence-corrected chi connectivity index (χ3v) is 7.51. The van der Waals surface area contributed by atoms with Gasteiger partial charge in [-0.15, -0.1) is 0 Å². The van der Waals surface area contributed by atoms with Gasteiger partial charge in [-0.2, -0.15) is 0 Å². The van der Waals surface area contributed by atoms with E-state index in [1.54, 1.807) is 0 Å². The third-order valence-electron chi connectivity index (χ3n) is 7.27. The topological polar surface area (TPSA) is 64.4 Å². The van der Waals surface area contributed by atoms with Gasteiger partial charge in [0.15, 0.2) is 0 Å². The number of fused-ring (bicyclic) bond motifs is 2. The Morgan fingerprint density at radius 1 is 1.22 bits per heavy atom. The predicted octanol–water partition coefficient (Wildman–Crippen LogP) is 3.66. The monoisotopic (exact) mass is 390 g/mol. The van der Waals surface area contributed by atoms with E-state index in [2.05, 4.69) is 11.4 Å². The van der Waals surface area contributed by atoms with Crippen LogP contribution in [0, 0.1) is 17.8 Å². The molecule has 1 aliphatic heterocycles. The molecule has 2 unspecified atom stereocenters. The number of carbonyl (C=O) groups is 1. The molecule has 1 saturated heterocycles. The largest absolute Gasteiger partial charge is 0.381 e. The van der Waals surface area contributed by atoms with E-state index in [0.29, 0.717) is 24.4 Å². The maximum Gasteiger partial charge on any atom is 0.223 e. The minimum Gasteiger partial charge on any atom is -0.381 e. The number of amides is 1. The van der Waals surface area contributed by atoms with Crippen LogP contribution in [-0.2, 0) is 14.9 Å². The first kappa shape index (κ1) is 19.2. The Kier molecular flexibility index (Phi) is 5.77. The molecule has 148 valence electrons. The first-order chi connectivity index (χ1) is 13.1. The molecule has 1 amide bonds. The van der Waals surface area contributed by atoms with E-state index in [-0.39, 0.29) is 17.2 Å². The summed E-state index contributed by atoms with van der Waals surface area (Å²) >= 11 is 6.25. The number of benzene rings is 1. The van der Waals surface area contributed by atoms with Crippen molar-refractivity contribution in [3.63, 3.8) is 0 Å². The molecule has 3 aliphatic rings. The second-order valence-corrected chi connectivity index (χ2v) is 9.25. The summed E-state index contributed by atoms with van der Waals surface area (Å²) in [7, 11) is 0. The van der Waals surface area contributed by atoms with Crippen molar-refractivity contribution in [2.75, 3.05) is 19.8 Å². The van der Waals surface area contributed by atoms with Gasteiger partial charge < -0.3 is 15.8 Å². The zero-order chi connectivity index (χ0) is 18.9. The van der Waals surface area contributed by atoms with E-state index >= 15 is 0 Å². The van der Waals surface area contributed by atoms with E-state index < -0.39 is 0 Å². The Hall–Kier alpha value is -1.10. The molecule has 4 rings (SSSR count). The number of hydrogen-bond acceptors (Lipinski definition) is 3. The molecule has 1 aromatic carbocycles. The zero-order valence-corrected chi connectivity index (χ0v) is 16.7. The Bertz CT molecular complexity index is 660. The van der Waals surface area contributed by atoms with Crippen molar-refractivity contribution in [2.45, 2.75) is 56.4 Å². The first-order valence-electron chi connectivity index (χ1n) is 10.4. The number of rotatable bonds is 4. The minimum atomic E-state index is -0.0836. The van der Waals surface area contributed by atoms with Gasteiger partial charge in [0.05, 0.1) is 0 Å². The predicted molar refractivity (Wildman–Crippen MR) is 108 cm³/mol. The summed E-state index contributed by atoms with van der Waals surface area (Å²) in [4.78, 5) is 13.0. The summed E-state index contributed by atoms with van der Waals surface area (Å²) in [6.07, 6.45) is 7.38. The minimum absolute atomic E-state index is 0.0836. The van der Waals surface area contributed by atoms with E-state index in [1.165, 1.54) is 24.8 Å². The van der Waals surface area contributed by atoms with Crippen molar-refractivity contribution < 1.29 is 9.53 Å². The second-order valence-electron chi connectivity index (χ2n) is 8.82. The van der Waals surface area contributed by atoms with E-state index in [4.69, 9.17) is 22.1 Å². The number of nitrogens with one attached hydrogen (secondary N) is 1. The average molecular weight is 391 g/mol. The first-order valence-corrected chi connectivity index (χ1v) is 10.8. The van der Waals surface area contributed by atoms with Crippen molar-refractivity contribution in [3.05, 3.63) is 34.9 Å². The summed E-state index contributed by atoms with van der Waals surface area (Å²) in [6, 6.07) is 8.38.